The summed E-state index contributed by atoms with van der Waals surface area (Å²) in [6, 6.07) is 0. The highest BCUT2D eigenvalue weighted by Gasteiger charge is 2.19. The van der Waals surface area contributed by atoms with Gasteiger partial charge < -0.3 is 28.5 Å². The second-order valence-corrected chi connectivity index (χ2v) is 7.95. The maximum absolute atomic E-state index is 2.43. The average molecular weight is 480 g/mol. The number of allylic oxidation sites excluding steroid dienone is 2. The molecule has 1 nitrogen and oxygen atoms in total. The van der Waals surface area contributed by atoms with E-state index in [2.05, 4.69) is 39.8 Å². The number of halogens is 1. The van der Waals surface area contributed by atoms with Crippen LogP contribution in [0.2, 0.25) is 0 Å². The van der Waals surface area contributed by atoms with E-state index in [1.807, 2.05) is 0 Å². The van der Waals surface area contributed by atoms with Crippen molar-refractivity contribution in [1.82, 2.24) is 0 Å². The van der Waals surface area contributed by atoms with Crippen molar-refractivity contribution in [2.75, 3.05) is 26.2 Å². The summed E-state index contributed by atoms with van der Waals surface area (Å²) in [6.07, 6.45) is 24.5. The van der Waals surface area contributed by atoms with Crippen LogP contribution in [0.15, 0.2) is 12.2 Å². The third-order valence-electron chi connectivity index (χ3n) is 6.16. The van der Waals surface area contributed by atoms with E-state index in [0.717, 1.165) is 0 Å². The number of quaternary nitrogens is 1. The average Bonchev–Trinajstić information content (AvgIpc) is 2.65. The Balaban J connectivity index is 0. The molecular formula is C24H50IN. The Hall–Kier alpha value is 0.430. The first kappa shape index (κ1) is 28.6. The van der Waals surface area contributed by atoms with Gasteiger partial charge in [-0.25, -0.2) is 0 Å². The predicted octanol–water partition coefficient (Wildman–Crippen LogP) is 4.90. The molecule has 0 saturated carbocycles. The van der Waals surface area contributed by atoms with E-state index in [9.17, 15) is 0 Å². The Bertz CT molecular complexity index is 276. The molecule has 0 aromatic heterocycles. The van der Waals surface area contributed by atoms with Gasteiger partial charge in [-0.2, -0.15) is 0 Å². The summed E-state index contributed by atoms with van der Waals surface area (Å²) < 4.78 is 1.32. The lowest BCUT2D eigenvalue weighted by molar-refractivity contribution is -0.923. The van der Waals surface area contributed by atoms with E-state index in [4.69, 9.17) is 0 Å². The largest absolute Gasteiger partial charge is 1.00 e. The van der Waals surface area contributed by atoms with Gasteiger partial charge in [-0.05, 0) is 59.3 Å². The van der Waals surface area contributed by atoms with E-state index in [1.54, 1.807) is 0 Å². The van der Waals surface area contributed by atoms with Gasteiger partial charge in [0, 0.05) is 0 Å². The quantitative estimate of drug-likeness (QED) is 0.107. The lowest BCUT2D eigenvalue weighted by Crippen LogP contribution is -3.00. The fraction of sp³-hybridized carbons (Fsp3) is 0.917. The van der Waals surface area contributed by atoms with Crippen LogP contribution in [-0.2, 0) is 0 Å². The second-order valence-electron chi connectivity index (χ2n) is 7.95. The van der Waals surface area contributed by atoms with Crippen molar-refractivity contribution in [3.05, 3.63) is 12.2 Å². The molecule has 0 unspecified atom stereocenters. The third kappa shape index (κ3) is 16.6. The molecule has 0 spiro atoms. The lowest BCUT2D eigenvalue weighted by atomic mass is 10.1. The van der Waals surface area contributed by atoms with Crippen LogP contribution in [-0.4, -0.2) is 30.7 Å². The van der Waals surface area contributed by atoms with E-state index in [-0.39, 0.29) is 24.0 Å². The van der Waals surface area contributed by atoms with E-state index in [1.165, 1.54) is 121 Å². The molecule has 0 bridgehead atoms. The molecule has 26 heavy (non-hydrogen) atoms. The zero-order valence-electron chi connectivity index (χ0n) is 18.7. The maximum atomic E-state index is 2.43. The Labute approximate surface area is 184 Å². The van der Waals surface area contributed by atoms with Gasteiger partial charge in [0.2, 0.25) is 0 Å². The van der Waals surface area contributed by atoms with Crippen LogP contribution >= 0.6 is 0 Å². The molecule has 0 aromatic rings. The fourth-order valence-electron chi connectivity index (χ4n) is 3.84. The number of hydrogen-bond acceptors (Lipinski definition) is 0. The van der Waals surface area contributed by atoms with Crippen molar-refractivity contribution in [2.24, 2.45) is 0 Å². The summed E-state index contributed by atoms with van der Waals surface area (Å²) in [4.78, 5) is 0. The topological polar surface area (TPSA) is 0 Å². The first-order valence-electron chi connectivity index (χ1n) is 11.7. The highest BCUT2D eigenvalue weighted by Crippen LogP contribution is 2.13. The zero-order valence-corrected chi connectivity index (χ0v) is 20.9. The second kappa shape index (κ2) is 21.7. The van der Waals surface area contributed by atoms with Crippen LogP contribution in [0.3, 0.4) is 0 Å². The van der Waals surface area contributed by atoms with Crippen molar-refractivity contribution < 1.29 is 28.5 Å². The molecule has 0 saturated heterocycles. The summed E-state index contributed by atoms with van der Waals surface area (Å²) in [6.45, 7) is 14.7. The molecule has 0 aliphatic rings. The molecule has 0 radical (unpaired) electrons. The Morgan fingerprint density at radius 1 is 0.500 bits per heavy atom. The van der Waals surface area contributed by atoms with Crippen LogP contribution in [0.4, 0.5) is 0 Å². The summed E-state index contributed by atoms with van der Waals surface area (Å²) in [5, 5.41) is 0. The van der Waals surface area contributed by atoms with Crippen molar-refractivity contribution in [3.8, 4) is 0 Å². The molecule has 0 amide bonds. The van der Waals surface area contributed by atoms with Crippen LogP contribution in [0.25, 0.3) is 0 Å². The maximum Gasteiger partial charge on any atom is 0.0786 e. The zero-order chi connectivity index (χ0) is 18.6. The molecule has 0 aliphatic carbocycles. The van der Waals surface area contributed by atoms with Gasteiger partial charge in [0.15, 0.2) is 0 Å². The molecular weight excluding hydrogens is 429 g/mol. The van der Waals surface area contributed by atoms with E-state index in [0.29, 0.717) is 0 Å². The highest BCUT2D eigenvalue weighted by atomic mass is 127. The van der Waals surface area contributed by atoms with Gasteiger partial charge in [-0.1, -0.05) is 70.4 Å². The molecule has 0 fully saturated rings. The summed E-state index contributed by atoms with van der Waals surface area (Å²) in [5.74, 6) is 0. The van der Waals surface area contributed by atoms with Crippen molar-refractivity contribution in [2.45, 2.75) is 118 Å². The predicted molar refractivity (Wildman–Crippen MR) is 116 cm³/mol. The summed E-state index contributed by atoms with van der Waals surface area (Å²) in [5.41, 5.74) is 0. The minimum Gasteiger partial charge on any atom is -1.00 e. The van der Waals surface area contributed by atoms with Crippen molar-refractivity contribution in [3.63, 3.8) is 0 Å². The monoisotopic (exact) mass is 479 g/mol. The molecule has 158 valence electrons. The van der Waals surface area contributed by atoms with Gasteiger partial charge in [0.25, 0.3) is 0 Å². The van der Waals surface area contributed by atoms with E-state index >= 15 is 0 Å². The lowest BCUT2D eigenvalue weighted by Gasteiger charge is -2.35. The molecule has 0 N–H and O–H groups in total. The smallest absolute Gasteiger partial charge is 0.0786 e. The van der Waals surface area contributed by atoms with Gasteiger partial charge in [0.1, 0.15) is 0 Å². The molecule has 0 aromatic carbocycles. The number of unbranched alkanes of at least 4 members (excludes halogenated alkanes) is 12. The first-order valence-corrected chi connectivity index (χ1v) is 11.7. The Morgan fingerprint density at radius 2 is 0.885 bits per heavy atom. The molecule has 0 heterocycles. The van der Waals surface area contributed by atoms with Gasteiger partial charge >= 0.3 is 0 Å². The van der Waals surface area contributed by atoms with Gasteiger partial charge in [-0.3, -0.25) is 0 Å². The van der Waals surface area contributed by atoms with Crippen molar-refractivity contribution >= 4 is 0 Å². The Morgan fingerprint density at radius 3 is 1.31 bits per heavy atom. The van der Waals surface area contributed by atoms with Crippen LogP contribution in [0.1, 0.15) is 118 Å². The summed E-state index contributed by atoms with van der Waals surface area (Å²) in [7, 11) is 0. The normalized spacial score (nSPS) is 11.8. The van der Waals surface area contributed by atoms with Crippen molar-refractivity contribution in [1.29, 1.82) is 0 Å². The molecule has 0 rings (SSSR count). The summed E-state index contributed by atoms with van der Waals surface area (Å²) >= 11 is 0. The van der Waals surface area contributed by atoms with Gasteiger partial charge in [0.05, 0.1) is 26.2 Å². The number of hydrogen-bond donors (Lipinski definition) is 0. The Kier molecular flexibility index (Phi) is 23.9. The standard InChI is InChI=1S/C24H50N.HI/c1-5-9-10-11-12-13-14-15-16-17-18-19-20-21-22-23-24-25(6-2,7-3)8-4;/h15-16H,5-14,17-24H2,1-4H3;1H/q+1;/p-1. The molecule has 0 aliphatic heterocycles. The SMILES string of the molecule is CCCCCCCCC=CCCCCCCCC[N+](CC)(CC)CC.[I-]. The number of rotatable bonds is 19. The van der Waals surface area contributed by atoms with Gasteiger partial charge in [-0.15, -0.1) is 0 Å². The number of nitrogens with zero attached hydrogens (tertiary/aromatic N) is 1. The first-order chi connectivity index (χ1) is 12.2. The third-order valence-corrected chi connectivity index (χ3v) is 6.16. The van der Waals surface area contributed by atoms with E-state index < -0.39 is 0 Å². The van der Waals surface area contributed by atoms with Crippen LogP contribution < -0.4 is 24.0 Å². The molecule has 0 atom stereocenters. The van der Waals surface area contributed by atoms with Crippen LogP contribution in [0, 0.1) is 0 Å². The highest BCUT2D eigenvalue weighted by molar-refractivity contribution is 4.81. The molecule has 2 heteroatoms. The fourth-order valence-corrected chi connectivity index (χ4v) is 3.84. The van der Waals surface area contributed by atoms with Crippen LogP contribution in [0.5, 0.6) is 0 Å². The minimum atomic E-state index is 0. The minimum absolute atomic E-state index is 0.